The standard InChI is InChI=1S/C6H12N2/c1-3-5-6(4-2)8-7/h3,5,8H,1,4,7H2,2H3/b6-5-. The van der Waals surface area contributed by atoms with Gasteiger partial charge in [0.2, 0.25) is 0 Å². The molecule has 0 aliphatic carbocycles. The van der Waals surface area contributed by atoms with Gasteiger partial charge in [-0.3, -0.25) is 5.84 Å². The Morgan fingerprint density at radius 2 is 2.50 bits per heavy atom. The molecule has 0 aromatic carbocycles. The lowest BCUT2D eigenvalue weighted by Gasteiger charge is -1.98. The molecular formula is C6H12N2. The van der Waals surface area contributed by atoms with Crippen molar-refractivity contribution in [1.29, 1.82) is 0 Å². The summed E-state index contributed by atoms with van der Waals surface area (Å²) >= 11 is 0. The Labute approximate surface area is 50.0 Å². The van der Waals surface area contributed by atoms with E-state index in [1.54, 1.807) is 6.08 Å². The zero-order valence-corrected chi connectivity index (χ0v) is 5.15. The van der Waals surface area contributed by atoms with Gasteiger partial charge in [0.05, 0.1) is 0 Å². The van der Waals surface area contributed by atoms with Crippen LogP contribution in [-0.4, -0.2) is 0 Å². The molecule has 0 saturated heterocycles. The molecule has 0 saturated carbocycles. The summed E-state index contributed by atoms with van der Waals surface area (Å²) < 4.78 is 0. The van der Waals surface area contributed by atoms with Crippen molar-refractivity contribution in [3.8, 4) is 0 Å². The van der Waals surface area contributed by atoms with Gasteiger partial charge in [-0.25, -0.2) is 0 Å². The molecule has 0 rings (SSSR count). The van der Waals surface area contributed by atoms with E-state index in [0.29, 0.717) is 0 Å². The monoisotopic (exact) mass is 112 g/mol. The Balaban J connectivity index is 3.66. The number of nitrogens with two attached hydrogens (primary N) is 1. The summed E-state index contributed by atoms with van der Waals surface area (Å²) in [5.41, 5.74) is 3.54. The van der Waals surface area contributed by atoms with E-state index >= 15 is 0 Å². The van der Waals surface area contributed by atoms with Crippen LogP contribution < -0.4 is 11.3 Å². The molecule has 0 bridgehead atoms. The SMILES string of the molecule is C=C/C=C(/CC)NN. The number of nitrogens with one attached hydrogen (secondary N) is 1. The summed E-state index contributed by atoms with van der Waals surface area (Å²) in [6.45, 7) is 5.55. The minimum absolute atomic E-state index is 0.919. The molecule has 0 heterocycles. The predicted molar refractivity (Wildman–Crippen MR) is 35.9 cm³/mol. The van der Waals surface area contributed by atoms with Crippen LogP contribution in [-0.2, 0) is 0 Å². The average Bonchev–Trinajstić information content (AvgIpc) is 1.83. The summed E-state index contributed by atoms with van der Waals surface area (Å²) in [7, 11) is 0. The van der Waals surface area contributed by atoms with Crippen molar-refractivity contribution in [2.45, 2.75) is 13.3 Å². The highest BCUT2D eigenvalue weighted by Crippen LogP contribution is 1.91. The lowest BCUT2D eigenvalue weighted by atomic mass is 10.3. The van der Waals surface area contributed by atoms with Crippen molar-refractivity contribution < 1.29 is 0 Å². The fourth-order valence-electron chi connectivity index (χ4n) is 0.410. The van der Waals surface area contributed by atoms with Crippen LogP contribution in [0.1, 0.15) is 13.3 Å². The first-order valence-electron chi connectivity index (χ1n) is 2.63. The molecule has 0 aliphatic heterocycles. The quantitative estimate of drug-likeness (QED) is 0.324. The molecular weight excluding hydrogens is 100 g/mol. The maximum atomic E-state index is 5.10. The third kappa shape index (κ3) is 2.42. The topological polar surface area (TPSA) is 38.0 Å². The second kappa shape index (κ2) is 4.40. The molecule has 0 unspecified atom stereocenters. The van der Waals surface area contributed by atoms with E-state index in [2.05, 4.69) is 12.0 Å². The van der Waals surface area contributed by atoms with Gasteiger partial charge < -0.3 is 5.43 Å². The van der Waals surface area contributed by atoms with E-state index in [9.17, 15) is 0 Å². The largest absolute Gasteiger partial charge is 0.328 e. The molecule has 2 nitrogen and oxygen atoms in total. The highest BCUT2D eigenvalue weighted by molar-refractivity contribution is 5.06. The highest BCUT2D eigenvalue weighted by Gasteiger charge is 1.81. The van der Waals surface area contributed by atoms with Gasteiger partial charge in [0.25, 0.3) is 0 Å². The van der Waals surface area contributed by atoms with Gasteiger partial charge >= 0.3 is 0 Å². The van der Waals surface area contributed by atoms with Crippen molar-refractivity contribution in [2.75, 3.05) is 0 Å². The van der Waals surface area contributed by atoms with Crippen LogP contribution >= 0.6 is 0 Å². The zero-order valence-electron chi connectivity index (χ0n) is 5.15. The number of allylic oxidation sites excluding steroid dienone is 3. The molecule has 0 aromatic rings. The molecule has 0 aliphatic rings. The summed E-state index contributed by atoms with van der Waals surface area (Å²) in [6, 6.07) is 0. The third-order valence-corrected chi connectivity index (χ3v) is 0.885. The van der Waals surface area contributed by atoms with Crippen molar-refractivity contribution >= 4 is 0 Å². The minimum atomic E-state index is 0.919. The van der Waals surface area contributed by atoms with Crippen LogP contribution in [0.5, 0.6) is 0 Å². The van der Waals surface area contributed by atoms with Crippen LogP contribution in [0.15, 0.2) is 24.4 Å². The smallest absolute Gasteiger partial charge is 0.0256 e. The molecule has 0 aromatic heterocycles. The number of hydrazine groups is 1. The van der Waals surface area contributed by atoms with E-state index in [1.165, 1.54) is 0 Å². The first kappa shape index (κ1) is 7.24. The third-order valence-electron chi connectivity index (χ3n) is 0.885. The summed E-state index contributed by atoms with van der Waals surface area (Å²) in [5, 5.41) is 0. The molecule has 46 valence electrons. The minimum Gasteiger partial charge on any atom is -0.328 e. The van der Waals surface area contributed by atoms with Gasteiger partial charge in [-0.2, -0.15) is 0 Å². The van der Waals surface area contributed by atoms with Crippen LogP contribution in [0.25, 0.3) is 0 Å². The molecule has 2 heteroatoms. The van der Waals surface area contributed by atoms with Crippen LogP contribution in [0, 0.1) is 0 Å². The Morgan fingerprint density at radius 1 is 1.88 bits per heavy atom. The first-order valence-corrected chi connectivity index (χ1v) is 2.63. The molecule has 0 amide bonds. The van der Waals surface area contributed by atoms with Crippen molar-refractivity contribution in [3.05, 3.63) is 24.4 Å². The van der Waals surface area contributed by atoms with Crippen molar-refractivity contribution in [1.82, 2.24) is 5.43 Å². The van der Waals surface area contributed by atoms with Crippen LogP contribution in [0.3, 0.4) is 0 Å². The molecule has 0 spiro atoms. The fourth-order valence-corrected chi connectivity index (χ4v) is 0.410. The van der Waals surface area contributed by atoms with E-state index in [-0.39, 0.29) is 0 Å². The van der Waals surface area contributed by atoms with Gasteiger partial charge in [0.15, 0.2) is 0 Å². The second-order valence-electron chi connectivity index (χ2n) is 1.43. The number of rotatable bonds is 3. The second-order valence-corrected chi connectivity index (χ2v) is 1.43. The fraction of sp³-hybridized carbons (Fsp3) is 0.333. The number of hydrogen-bond acceptors (Lipinski definition) is 2. The molecule has 0 fully saturated rings. The Bertz CT molecular complexity index is 88.7. The molecule has 0 atom stereocenters. The van der Waals surface area contributed by atoms with Gasteiger partial charge in [-0.15, -0.1) is 0 Å². The van der Waals surface area contributed by atoms with E-state index in [4.69, 9.17) is 5.84 Å². The maximum Gasteiger partial charge on any atom is 0.0256 e. The Hall–Kier alpha value is -0.760. The van der Waals surface area contributed by atoms with Gasteiger partial charge in [0, 0.05) is 5.70 Å². The first-order chi connectivity index (χ1) is 3.85. The lowest BCUT2D eigenvalue weighted by molar-refractivity contribution is 0.828. The normalized spacial score (nSPS) is 11.0. The Morgan fingerprint density at radius 3 is 2.62 bits per heavy atom. The number of hydrogen-bond donors (Lipinski definition) is 2. The van der Waals surface area contributed by atoms with E-state index in [0.717, 1.165) is 12.1 Å². The predicted octanol–water partition coefficient (Wildman–Crippen LogP) is 0.930. The van der Waals surface area contributed by atoms with Crippen LogP contribution in [0.4, 0.5) is 0 Å². The Kier molecular flexibility index (Phi) is 3.98. The van der Waals surface area contributed by atoms with Crippen molar-refractivity contribution in [2.24, 2.45) is 5.84 Å². The lowest BCUT2D eigenvalue weighted by Crippen LogP contribution is -2.20. The van der Waals surface area contributed by atoms with Crippen LogP contribution in [0.2, 0.25) is 0 Å². The summed E-state index contributed by atoms with van der Waals surface area (Å²) in [5.74, 6) is 5.10. The zero-order chi connectivity index (χ0) is 6.41. The van der Waals surface area contributed by atoms with E-state index < -0.39 is 0 Å². The maximum absolute atomic E-state index is 5.10. The molecule has 3 N–H and O–H groups in total. The molecule has 0 radical (unpaired) electrons. The summed E-state index contributed by atoms with van der Waals surface area (Å²) in [4.78, 5) is 0. The van der Waals surface area contributed by atoms with Crippen molar-refractivity contribution in [3.63, 3.8) is 0 Å². The van der Waals surface area contributed by atoms with E-state index in [1.807, 2.05) is 13.0 Å². The van der Waals surface area contributed by atoms with Gasteiger partial charge in [0.1, 0.15) is 0 Å². The molecule has 8 heavy (non-hydrogen) atoms. The van der Waals surface area contributed by atoms with Gasteiger partial charge in [-0.1, -0.05) is 19.6 Å². The van der Waals surface area contributed by atoms with Gasteiger partial charge in [-0.05, 0) is 12.5 Å². The average molecular weight is 112 g/mol. The highest BCUT2D eigenvalue weighted by atomic mass is 15.2. The summed E-state index contributed by atoms with van der Waals surface area (Å²) in [6.07, 6.45) is 4.47.